The van der Waals surface area contributed by atoms with Gasteiger partial charge in [-0.2, -0.15) is 0 Å². The van der Waals surface area contributed by atoms with Gasteiger partial charge in [0, 0.05) is 17.6 Å². The number of hydrogen-bond acceptors (Lipinski definition) is 3. The van der Waals surface area contributed by atoms with Crippen molar-refractivity contribution in [1.29, 1.82) is 0 Å². The highest BCUT2D eigenvalue weighted by molar-refractivity contribution is 6.31. The monoisotopic (exact) mass is 332 g/mol. The largest absolute Gasteiger partial charge is 0.480 e. The van der Waals surface area contributed by atoms with Crippen molar-refractivity contribution in [3.63, 3.8) is 0 Å². The first kappa shape index (κ1) is 18.2. The highest BCUT2D eigenvalue weighted by Crippen LogP contribution is 2.21. The summed E-state index contributed by atoms with van der Waals surface area (Å²) in [7, 11) is 1.89. The van der Waals surface area contributed by atoms with Crippen LogP contribution in [0.3, 0.4) is 0 Å². The number of benzene rings is 1. The van der Waals surface area contributed by atoms with Gasteiger partial charge >= 0.3 is 5.97 Å². The number of nitrogens with zero attached hydrogens (tertiary/aromatic N) is 2. The van der Waals surface area contributed by atoms with Crippen LogP contribution in [-0.2, 0) is 11.3 Å². The molecular formula is C15H22Cl2N2O2. The lowest BCUT2D eigenvalue weighted by molar-refractivity contribution is -0.138. The summed E-state index contributed by atoms with van der Waals surface area (Å²) >= 11 is 6.18. The second-order valence-corrected chi connectivity index (χ2v) is 5.81. The second kappa shape index (κ2) is 8.59. The number of likely N-dealkylation sites (tertiary alicyclic amines) is 1. The van der Waals surface area contributed by atoms with Crippen LogP contribution in [0, 0.1) is 0 Å². The molecule has 2 rings (SSSR count). The molecule has 0 radical (unpaired) electrons. The maximum Gasteiger partial charge on any atom is 0.317 e. The zero-order chi connectivity index (χ0) is 14.5. The second-order valence-electron chi connectivity index (χ2n) is 5.41. The summed E-state index contributed by atoms with van der Waals surface area (Å²) in [5.41, 5.74) is 1.16. The number of rotatable bonds is 5. The molecule has 0 atom stereocenters. The lowest BCUT2D eigenvalue weighted by Gasteiger charge is -2.36. The van der Waals surface area contributed by atoms with Gasteiger partial charge in [-0.25, -0.2) is 0 Å². The van der Waals surface area contributed by atoms with Gasteiger partial charge in [0.15, 0.2) is 0 Å². The standard InChI is InChI=1S/C15H21ClN2O2.ClH/c1-17(11-15(19)20)13-6-8-18(9-7-13)10-12-4-2-3-5-14(12)16;/h2-5,13H,6-11H2,1H3,(H,19,20);1H. The minimum atomic E-state index is -0.758. The van der Waals surface area contributed by atoms with Crippen molar-refractivity contribution in [2.24, 2.45) is 0 Å². The summed E-state index contributed by atoms with van der Waals surface area (Å²) in [5, 5.41) is 9.64. The minimum absolute atomic E-state index is 0. The van der Waals surface area contributed by atoms with E-state index >= 15 is 0 Å². The molecule has 1 heterocycles. The number of aliphatic carboxylic acids is 1. The number of piperidine rings is 1. The van der Waals surface area contributed by atoms with Gasteiger partial charge in [0.2, 0.25) is 0 Å². The number of carbonyl (C=O) groups is 1. The fraction of sp³-hybridized carbons (Fsp3) is 0.533. The van der Waals surface area contributed by atoms with E-state index in [0.717, 1.165) is 43.1 Å². The van der Waals surface area contributed by atoms with Crippen LogP contribution in [0.25, 0.3) is 0 Å². The van der Waals surface area contributed by atoms with Crippen LogP contribution in [0.1, 0.15) is 18.4 Å². The van der Waals surface area contributed by atoms with Crippen molar-refractivity contribution in [1.82, 2.24) is 9.80 Å². The normalized spacial score (nSPS) is 16.7. The SMILES string of the molecule is CN(CC(=O)O)C1CCN(Cc2ccccc2Cl)CC1.Cl. The summed E-state index contributed by atoms with van der Waals surface area (Å²) in [4.78, 5) is 15.0. The summed E-state index contributed by atoms with van der Waals surface area (Å²) in [6, 6.07) is 8.30. The third-order valence-corrected chi connectivity index (χ3v) is 4.29. The maximum absolute atomic E-state index is 10.7. The van der Waals surface area contributed by atoms with Crippen LogP contribution in [0.15, 0.2) is 24.3 Å². The smallest absolute Gasteiger partial charge is 0.317 e. The number of likely N-dealkylation sites (N-methyl/N-ethyl adjacent to an activating group) is 1. The molecule has 1 saturated heterocycles. The third-order valence-electron chi connectivity index (χ3n) is 3.92. The zero-order valence-electron chi connectivity index (χ0n) is 12.2. The van der Waals surface area contributed by atoms with Crippen molar-refractivity contribution in [2.45, 2.75) is 25.4 Å². The first-order valence-electron chi connectivity index (χ1n) is 6.94. The van der Waals surface area contributed by atoms with Gasteiger partial charge in [-0.15, -0.1) is 12.4 Å². The third kappa shape index (κ3) is 5.47. The number of carboxylic acid groups (broad SMARTS) is 1. The number of halogens is 2. The Bertz CT molecular complexity index is 463. The van der Waals surface area contributed by atoms with Crippen molar-refractivity contribution in [3.05, 3.63) is 34.9 Å². The molecule has 1 aromatic carbocycles. The number of hydrogen-bond donors (Lipinski definition) is 1. The van der Waals surface area contributed by atoms with Crippen molar-refractivity contribution in [3.8, 4) is 0 Å². The summed E-state index contributed by atoms with van der Waals surface area (Å²) < 4.78 is 0. The molecule has 1 aromatic rings. The molecule has 0 saturated carbocycles. The zero-order valence-corrected chi connectivity index (χ0v) is 13.7. The predicted molar refractivity (Wildman–Crippen MR) is 87.3 cm³/mol. The Hall–Kier alpha value is -0.810. The molecule has 0 spiro atoms. The van der Waals surface area contributed by atoms with Crippen molar-refractivity contribution >= 4 is 30.0 Å². The molecular weight excluding hydrogens is 311 g/mol. The van der Waals surface area contributed by atoms with E-state index < -0.39 is 5.97 Å². The van der Waals surface area contributed by atoms with Crippen LogP contribution in [0.4, 0.5) is 0 Å². The summed E-state index contributed by atoms with van der Waals surface area (Å²) in [6.07, 6.45) is 2.02. The molecule has 21 heavy (non-hydrogen) atoms. The summed E-state index contributed by atoms with van der Waals surface area (Å²) in [6.45, 7) is 2.96. The highest BCUT2D eigenvalue weighted by Gasteiger charge is 2.23. The molecule has 1 aliphatic rings. The predicted octanol–water partition coefficient (Wildman–Crippen LogP) is 2.74. The Morgan fingerprint density at radius 1 is 1.38 bits per heavy atom. The van der Waals surface area contributed by atoms with Gasteiger partial charge in [-0.05, 0) is 44.6 Å². The van der Waals surface area contributed by atoms with Gasteiger partial charge in [-0.3, -0.25) is 14.6 Å². The van der Waals surface area contributed by atoms with E-state index in [2.05, 4.69) is 11.0 Å². The Labute approximate surface area is 137 Å². The average Bonchev–Trinajstić information content (AvgIpc) is 2.41. The Morgan fingerprint density at radius 3 is 2.57 bits per heavy atom. The molecule has 0 amide bonds. The number of carboxylic acids is 1. The molecule has 1 fully saturated rings. The average molecular weight is 333 g/mol. The van der Waals surface area contributed by atoms with Crippen LogP contribution in [-0.4, -0.2) is 53.6 Å². The van der Waals surface area contributed by atoms with Gasteiger partial charge in [0.1, 0.15) is 0 Å². The molecule has 1 N–H and O–H groups in total. The van der Waals surface area contributed by atoms with Gasteiger partial charge in [0.05, 0.1) is 6.54 Å². The minimum Gasteiger partial charge on any atom is -0.480 e. The van der Waals surface area contributed by atoms with Gasteiger partial charge in [-0.1, -0.05) is 29.8 Å². The molecule has 1 aliphatic heterocycles. The molecule has 0 bridgehead atoms. The van der Waals surface area contributed by atoms with Gasteiger partial charge < -0.3 is 5.11 Å². The Balaban J connectivity index is 0.00000220. The van der Waals surface area contributed by atoms with E-state index in [4.69, 9.17) is 16.7 Å². The fourth-order valence-electron chi connectivity index (χ4n) is 2.73. The molecule has 6 heteroatoms. The quantitative estimate of drug-likeness (QED) is 0.900. The van der Waals surface area contributed by atoms with E-state index in [-0.39, 0.29) is 19.0 Å². The van der Waals surface area contributed by atoms with Crippen molar-refractivity contribution in [2.75, 3.05) is 26.7 Å². The van der Waals surface area contributed by atoms with E-state index in [1.165, 1.54) is 0 Å². The van der Waals surface area contributed by atoms with Crippen LogP contribution < -0.4 is 0 Å². The lowest BCUT2D eigenvalue weighted by atomic mass is 10.0. The van der Waals surface area contributed by atoms with E-state index in [1.54, 1.807) is 0 Å². The van der Waals surface area contributed by atoms with E-state index in [9.17, 15) is 4.79 Å². The molecule has 4 nitrogen and oxygen atoms in total. The Morgan fingerprint density at radius 2 is 2.00 bits per heavy atom. The topological polar surface area (TPSA) is 43.8 Å². The first-order valence-corrected chi connectivity index (χ1v) is 7.32. The first-order chi connectivity index (χ1) is 9.56. The Kier molecular flexibility index (Phi) is 7.46. The molecule has 0 aliphatic carbocycles. The van der Waals surface area contributed by atoms with E-state index in [1.807, 2.05) is 30.1 Å². The molecule has 118 valence electrons. The highest BCUT2D eigenvalue weighted by atomic mass is 35.5. The van der Waals surface area contributed by atoms with E-state index in [0.29, 0.717) is 6.04 Å². The van der Waals surface area contributed by atoms with Gasteiger partial charge in [0.25, 0.3) is 0 Å². The lowest BCUT2D eigenvalue weighted by Crippen LogP contribution is -2.44. The van der Waals surface area contributed by atoms with Crippen molar-refractivity contribution < 1.29 is 9.90 Å². The van der Waals surface area contributed by atoms with Crippen LogP contribution in [0.2, 0.25) is 5.02 Å². The van der Waals surface area contributed by atoms with Crippen LogP contribution in [0.5, 0.6) is 0 Å². The maximum atomic E-state index is 10.7. The molecule has 0 aromatic heterocycles. The summed E-state index contributed by atoms with van der Waals surface area (Å²) in [5.74, 6) is -0.758. The van der Waals surface area contributed by atoms with Crippen LogP contribution >= 0.6 is 24.0 Å². The fourth-order valence-corrected chi connectivity index (χ4v) is 2.92. The molecule has 0 unspecified atom stereocenters.